The van der Waals surface area contributed by atoms with E-state index < -0.39 is 22.4 Å². The van der Waals surface area contributed by atoms with E-state index in [1.807, 2.05) is 42.5 Å². The maximum absolute atomic E-state index is 13.3. The van der Waals surface area contributed by atoms with E-state index in [9.17, 15) is 23.3 Å². The maximum atomic E-state index is 13.3. The molecule has 0 atom stereocenters. The number of nitro benzene ring substituents is 1. The molecule has 0 aromatic heterocycles. The summed E-state index contributed by atoms with van der Waals surface area (Å²) in [5.41, 5.74) is -0.601. The lowest BCUT2D eigenvalue weighted by atomic mass is 9.89. The molecule has 43 heavy (non-hydrogen) atoms. The van der Waals surface area contributed by atoms with Crippen LogP contribution in [-0.4, -0.2) is 58.5 Å². The molecule has 7 nitrogen and oxygen atoms in total. The number of halogens is 3. The van der Waals surface area contributed by atoms with Gasteiger partial charge in [-0.1, -0.05) is 42.5 Å². The minimum absolute atomic E-state index is 0.0282. The highest BCUT2D eigenvalue weighted by Crippen LogP contribution is 2.38. The van der Waals surface area contributed by atoms with Crippen LogP contribution in [0.25, 0.3) is 0 Å². The Bertz CT molecular complexity index is 1390. The average molecular weight is 613 g/mol. The first-order valence-corrected chi connectivity index (χ1v) is 15.0. The Labute approximate surface area is 254 Å². The molecule has 0 radical (unpaired) electrons. The predicted octanol–water partition coefficient (Wildman–Crippen LogP) is 7.88. The fourth-order valence-corrected chi connectivity index (χ4v) is 6.13. The fraction of sp³-hybridized carbons (Fsp3) is 0.406. The fourth-order valence-electron chi connectivity index (χ4n) is 5.86. The zero-order chi connectivity index (χ0) is 30.4. The second kappa shape index (κ2) is 13.7. The molecule has 228 valence electrons. The van der Waals surface area contributed by atoms with Crippen molar-refractivity contribution in [2.45, 2.75) is 50.2 Å². The molecule has 2 fully saturated rings. The molecule has 1 N–H and O–H groups in total. The summed E-state index contributed by atoms with van der Waals surface area (Å²) >= 11 is 5.74. The van der Waals surface area contributed by atoms with Gasteiger partial charge in [-0.3, -0.25) is 10.1 Å². The third-order valence-corrected chi connectivity index (χ3v) is 8.74. The molecule has 2 aliphatic rings. The number of hydrogen-bond donors (Lipinski definition) is 1. The third-order valence-electron chi connectivity index (χ3n) is 8.28. The molecule has 0 unspecified atom stereocenters. The molecule has 0 saturated carbocycles. The van der Waals surface area contributed by atoms with E-state index in [1.54, 1.807) is 0 Å². The van der Waals surface area contributed by atoms with Crippen LogP contribution in [-0.2, 0) is 6.18 Å². The number of alkyl halides is 3. The number of rotatable bonds is 9. The summed E-state index contributed by atoms with van der Waals surface area (Å²) < 4.78 is 45.9. The molecular weight excluding hydrogens is 577 g/mol. The Morgan fingerprint density at radius 2 is 1.58 bits per heavy atom. The number of ether oxygens (including phenoxy) is 1. The topological polar surface area (TPSA) is 70.9 Å². The summed E-state index contributed by atoms with van der Waals surface area (Å²) in [4.78, 5) is 15.6. The highest BCUT2D eigenvalue weighted by molar-refractivity contribution is 7.80. The van der Waals surface area contributed by atoms with Crippen LogP contribution in [0.1, 0.15) is 49.1 Å². The molecule has 3 aromatic carbocycles. The number of nitrogens with zero attached hydrogens (tertiary/aromatic N) is 3. The summed E-state index contributed by atoms with van der Waals surface area (Å²) in [6.07, 6.45) is -0.351. The lowest BCUT2D eigenvalue weighted by Gasteiger charge is -2.36. The van der Waals surface area contributed by atoms with E-state index in [0.717, 1.165) is 93.4 Å². The Morgan fingerprint density at radius 1 is 0.930 bits per heavy atom. The van der Waals surface area contributed by atoms with Crippen LogP contribution in [0.3, 0.4) is 0 Å². The largest absolute Gasteiger partial charge is 0.457 e. The van der Waals surface area contributed by atoms with Crippen molar-refractivity contribution >= 4 is 28.6 Å². The molecule has 0 spiro atoms. The standard InChI is InChI=1S/C32H35F3N4O3S/c33-32(34,35)29-22-26(8-11-30(29)39(40)41)36-25-14-20-38(21-15-25)31(43)16-19-37-17-12-24(13-18-37)23-6-9-28(10-7-23)42-27-4-2-1-3-5-27/h1-11,22,24-25,36H,12-21H2. The van der Waals surface area contributed by atoms with Crippen LogP contribution in [0.15, 0.2) is 72.8 Å². The first-order valence-electron chi connectivity index (χ1n) is 14.6. The monoisotopic (exact) mass is 612 g/mol. The van der Waals surface area contributed by atoms with E-state index in [4.69, 9.17) is 17.0 Å². The van der Waals surface area contributed by atoms with E-state index in [1.165, 1.54) is 11.6 Å². The van der Waals surface area contributed by atoms with Crippen molar-refractivity contribution in [1.29, 1.82) is 0 Å². The average Bonchev–Trinajstić information content (AvgIpc) is 3.01. The highest BCUT2D eigenvalue weighted by atomic mass is 32.1. The number of benzene rings is 3. The van der Waals surface area contributed by atoms with Gasteiger partial charge >= 0.3 is 6.18 Å². The Hall–Kier alpha value is -3.70. The van der Waals surface area contributed by atoms with E-state index >= 15 is 0 Å². The van der Waals surface area contributed by atoms with E-state index in [-0.39, 0.29) is 11.7 Å². The van der Waals surface area contributed by atoms with Gasteiger partial charge in [-0.05, 0) is 86.7 Å². The molecule has 5 rings (SSSR count). The number of anilines is 1. The van der Waals surface area contributed by atoms with Crippen LogP contribution in [0.5, 0.6) is 11.5 Å². The number of piperidine rings is 2. The van der Waals surface area contributed by atoms with Crippen molar-refractivity contribution in [3.63, 3.8) is 0 Å². The number of hydrogen-bond acceptors (Lipinski definition) is 6. The van der Waals surface area contributed by atoms with Gasteiger partial charge in [-0.2, -0.15) is 13.2 Å². The summed E-state index contributed by atoms with van der Waals surface area (Å²) in [5.74, 6) is 2.19. The molecule has 0 bridgehead atoms. The predicted molar refractivity (Wildman–Crippen MR) is 165 cm³/mol. The third kappa shape index (κ3) is 8.23. The highest BCUT2D eigenvalue weighted by Gasteiger charge is 2.38. The van der Waals surface area contributed by atoms with Crippen molar-refractivity contribution < 1.29 is 22.8 Å². The number of thiocarbonyl (C=S) groups is 1. The lowest BCUT2D eigenvalue weighted by molar-refractivity contribution is -0.388. The van der Waals surface area contributed by atoms with Crippen LogP contribution in [0.4, 0.5) is 24.5 Å². The number of para-hydroxylation sites is 1. The van der Waals surface area contributed by atoms with Crippen LogP contribution >= 0.6 is 12.2 Å². The summed E-state index contributed by atoms with van der Waals surface area (Å²) in [7, 11) is 0. The quantitative estimate of drug-likeness (QED) is 0.150. The van der Waals surface area contributed by atoms with Gasteiger partial charge in [0.05, 0.1) is 9.91 Å². The van der Waals surface area contributed by atoms with Crippen molar-refractivity contribution in [3.8, 4) is 11.5 Å². The Kier molecular flexibility index (Phi) is 9.82. The summed E-state index contributed by atoms with van der Waals surface area (Å²) in [5, 5.41) is 14.1. The van der Waals surface area contributed by atoms with Crippen molar-refractivity contribution in [2.75, 3.05) is 38.0 Å². The molecule has 2 aliphatic heterocycles. The number of nitro groups is 1. The molecule has 11 heteroatoms. The van der Waals surface area contributed by atoms with Crippen LogP contribution < -0.4 is 10.1 Å². The zero-order valence-electron chi connectivity index (χ0n) is 23.8. The normalized spacial score (nSPS) is 17.0. The molecule has 0 aliphatic carbocycles. The maximum Gasteiger partial charge on any atom is 0.423 e. The number of nitrogens with one attached hydrogen (secondary N) is 1. The Balaban J connectivity index is 1.02. The SMILES string of the molecule is O=[N+]([O-])c1ccc(NC2CCN(C(=S)CCN3CCC(c4ccc(Oc5ccccc5)cc4)CC3)CC2)cc1C(F)(F)F. The van der Waals surface area contributed by atoms with Gasteiger partial charge in [0.1, 0.15) is 17.1 Å². The van der Waals surface area contributed by atoms with E-state index in [0.29, 0.717) is 5.92 Å². The minimum atomic E-state index is -4.80. The van der Waals surface area contributed by atoms with Crippen molar-refractivity contribution in [1.82, 2.24) is 9.80 Å². The minimum Gasteiger partial charge on any atom is -0.457 e. The smallest absolute Gasteiger partial charge is 0.423 e. The Morgan fingerprint density at radius 3 is 2.21 bits per heavy atom. The first-order chi connectivity index (χ1) is 20.7. The second-order valence-electron chi connectivity index (χ2n) is 11.1. The molecular formula is C32H35F3N4O3S. The van der Waals surface area contributed by atoms with Crippen molar-refractivity contribution in [2.24, 2.45) is 0 Å². The van der Waals surface area contributed by atoms with Gasteiger partial charge in [-0.15, -0.1) is 0 Å². The molecule has 2 heterocycles. The van der Waals surface area contributed by atoms with Crippen LogP contribution in [0, 0.1) is 10.1 Å². The number of likely N-dealkylation sites (tertiary alicyclic amines) is 2. The van der Waals surface area contributed by atoms with Gasteiger partial charge in [0.25, 0.3) is 5.69 Å². The summed E-state index contributed by atoms with van der Waals surface area (Å²) in [6.45, 7) is 4.41. The van der Waals surface area contributed by atoms with Gasteiger partial charge in [0, 0.05) is 43.9 Å². The molecule has 0 amide bonds. The summed E-state index contributed by atoms with van der Waals surface area (Å²) in [6, 6.07) is 21.2. The zero-order valence-corrected chi connectivity index (χ0v) is 24.6. The van der Waals surface area contributed by atoms with Gasteiger partial charge in [-0.25, -0.2) is 0 Å². The molecule has 2 saturated heterocycles. The van der Waals surface area contributed by atoms with E-state index in [2.05, 4.69) is 27.2 Å². The van der Waals surface area contributed by atoms with Gasteiger partial charge in [0.2, 0.25) is 0 Å². The van der Waals surface area contributed by atoms with Crippen molar-refractivity contribution in [3.05, 3.63) is 94.0 Å². The molecule has 3 aromatic rings. The second-order valence-corrected chi connectivity index (χ2v) is 11.6. The van der Waals surface area contributed by atoms with Gasteiger partial charge in [0.15, 0.2) is 0 Å². The lowest BCUT2D eigenvalue weighted by Crippen LogP contribution is -2.43. The van der Waals surface area contributed by atoms with Gasteiger partial charge < -0.3 is 19.9 Å². The van der Waals surface area contributed by atoms with Crippen LogP contribution in [0.2, 0.25) is 0 Å². The first kappa shape index (κ1) is 30.7.